The van der Waals surface area contributed by atoms with Crippen molar-refractivity contribution in [3.05, 3.63) is 41.5 Å². The molecule has 26 heavy (non-hydrogen) atoms. The Kier molecular flexibility index (Phi) is 5.56. The Bertz CT molecular complexity index is 761. The van der Waals surface area contributed by atoms with Gasteiger partial charge < -0.3 is 19.3 Å². The first-order chi connectivity index (χ1) is 12.4. The molecule has 0 aliphatic carbocycles. The van der Waals surface area contributed by atoms with Gasteiger partial charge in [0, 0.05) is 13.1 Å². The van der Waals surface area contributed by atoms with Crippen LogP contribution in [0.15, 0.2) is 28.8 Å². The average Bonchev–Trinajstić information content (AvgIpc) is 2.99. The van der Waals surface area contributed by atoms with Crippen LogP contribution in [-0.4, -0.2) is 51.4 Å². The van der Waals surface area contributed by atoms with Crippen LogP contribution in [0, 0.1) is 13.8 Å². The van der Waals surface area contributed by atoms with Crippen LogP contribution >= 0.6 is 0 Å². The summed E-state index contributed by atoms with van der Waals surface area (Å²) in [7, 11) is 0. The zero-order chi connectivity index (χ0) is 18.6. The number of aryl methyl sites for hydroxylation is 2. The van der Waals surface area contributed by atoms with Crippen molar-refractivity contribution in [1.82, 2.24) is 15.0 Å². The zero-order valence-electron chi connectivity index (χ0n) is 15.3. The monoisotopic (exact) mass is 359 g/mol. The highest BCUT2D eigenvalue weighted by atomic mass is 16.5. The molecule has 3 rings (SSSR count). The van der Waals surface area contributed by atoms with Gasteiger partial charge in [0.2, 0.25) is 11.8 Å². The number of aliphatic hydroxyl groups is 1. The zero-order valence-corrected chi connectivity index (χ0v) is 15.3. The molecule has 1 aliphatic heterocycles. The van der Waals surface area contributed by atoms with Crippen LogP contribution in [0.3, 0.4) is 0 Å². The molecule has 2 heterocycles. The van der Waals surface area contributed by atoms with E-state index in [1.807, 2.05) is 31.2 Å². The summed E-state index contributed by atoms with van der Waals surface area (Å²) in [5, 5.41) is 14.6. The lowest BCUT2D eigenvalue weighted by molar-refractivity contribution is -0.139. The molecule has 1 unspecified atom stereocenters. The van der Waals surface area contributed by atoms with Crippen molar-refractivity contribution in [1.29, 1.82) is 0 Å². The first-order valence-corrected chi connectivity index (χ1v) is 8.92. The van der Waals surface area contributed by atoms with Gasteiger partial charge in [0.25, 0.3) is 0 Å². The van der Waals surface area contributed by atoms with Gasteiger partial charge in [-0.1, -0.05) is 17.3 Å². The normalized spacial score (nSPS) is 20.2. The number of benzene rings is 1. The smallest absolute Gasteiger partial charge is 0.229 e. The topological polar surface area (TPSA) is 88.7 Å². The first kappa shape index (κ1) is 18.4. The number of carbonyl (C=O) groups is 1. The minimum Gasteiger partial charge on any atom is -0.493 e. The number of carbonyl (C=O) groups excluding carboxylic acids is 1. The van der Waals surface area contributed by atoms with Crippen molar-refractivity contribution in [2.24, 2.45) is 0 Å². The number of rotatable bonds is 6. The van der Waals surface area contributed by atoms with Gasteiger partial charge in [-0.2, -0.15) is 4.98 Å². The molecular formula is C19H25N3O4. The molecule has 1 aromatic heterocycles. The molecule has 140 valence electrons. The van der Waals surface area contributed by atoms with Gasteiger partial charge in [0.1, 0.15) is 5.75 Å². The highest BCUT2D eigenvalue weighted by Crippen LogP contribution is 2.25. The van der Waals surface area contributed by atoms with Crippen LogP contribution in [0.5, 0.6) is 5.75 Å². The molecule has 1 atom stereocenters. The van der Waals surface area contributed by atoms with Crippen LogP contribution in [0.4, 0.5) is 0 Å². The molecule has 1 fully saturated rings. The standard InChI is InChI=1S/C19H25N3O4/c1-14-5-3-6-16(11-14)25-10-7-18(23)22-9-4-8-19(24,13-22)12-17-20-15(2)21-26-17/h3,5-6,11,24H,4,7-10,12-13H2,1-2H3. The Morgan fingerprint density at radius 1 is 1.42 bits per heavy atom. The summed E-state index contributed by atoms with van der Waals surface area (Å²) in [4.78, 5) is 18.3. The van der Waals surface area contributed by atoms with Gasteiger partial charge in [0.15, 0.2) is 5.82 Å². The van der Waals surface area contributed by atoms with Gasteiger partial charge in [-0.3, -0.25) is 4.79 Å². The number of nitrogens with zero attached hydrogens (tertiary/aromatic N) is 3. The second-order valence-corrected chi connectivity index (χ2v) is 6.97. The largest absolute Gasteiger partial charge is 0.493 e. The van der Waals surface area contributed by atoms with E-state index in [4.69, 9.17) is 9.26 Å². The fourth-order valence-corrected chi connectivity index (χ4v) is 3.28. The lowest BCUT2D eigenvalue weighted by Crippen LogP contribution is -2.51. The Morgan fingerprint density at radius 2 is 2.27 bits per heavy atom. The molecule has 7 nitrogen and oxygen atoms in total. The van der Waals surface area contributed by atoms with Gasteiger partial charge in [-0.25, -0.2) is 0 Å². The molecule has 0 saturated carbocycles. The lowest BCUT2D eigenvalue weighted by atomic mass is 9.89. The number of β-amino-alcohol motifs (C(OH)–C–C–N with tert-alkyl or cyclic N) is 1. The summed E-state index contributed by atoms with van der Waals surface area (Å²) in [5.74, 6) is 1.69. The van der Waals surface area contributed by atoms with Crippen LogP contribution < -0.4 is 4.74 Å². The van der Waals surface area contributed by atoms with Crippen molar-refractivity contribution in [2.75, 3.05) is 19.7 Å². The fourth-order valence-electron chi connectivity index (χ4n) is 3.28. The molecule has 2 aromatic rings. The summed E-state index contributed by atoms with van der Waals surface area (Å²) in [5.41, 5.74) is 0.0933. The van der Waals surface area contributed by atoms with E-state index in [2.05, 4.69) is 10.1 Å². The van der Waals surface area contributed by atoms with Crippen molar-refractivity contribution < 1.29 is 19.2 Å². The molecule has 0 bridgehead atoms. The molecular weight excluding hydrogens is 334 g/mol. The Hall–Kier alpha value is -2.41. The number of aromatic nitrogens is 2. The highest BCUT2D eigenvalue weighted by Gasteiger charge is 2.36. The fraction of sp³-hybridized carbons (Fsp3) is 0.526. The summed E-state index contributed by atoms with van der Waals surface area (Å²) in [6.07, 6.45) is 1.90. The van der Waals surface area contributed by atoms with E-state index < -0.39 is 5.60 Å². The Balaban J connectivity index is 1.50. The molecule has 7 heteroatoms. The number of hydrogen-bond acceptors (Lipinski definition) is 6. The molecule has 1 aromatic carbocycles. The number of piperidine rings is 1. The third-order valence-electron chi connectivity index (χ3n) is 4.53. The molecule has 1 aliphatic rings. The van der Waals surface area contributed by atoms with Crippen LogP contribution in [0.25, 0.3) is 0 Å². The van der Waals surface area contributed by atoms with Crippen molar-refractivity contribution in [3.8, 4) is 5.75 Å². The SMILES string of the molecule is Cc1cccc(OCCC(=O)N2CCCC(O)(Cc3nc(C)no3)C2)c1. The Morgan fingerprint density at radius 3 is 3.00 bits per heavy atom. The van der Waals surface area contributed by atoms with E-state index in [-0.39, 0.29) is 25.3 Å². The van der Waals surface area contributed by atoms with Crippen LogP contribution in [0.1, 0.15) is 36.5 Å². The third kappa shape index (κ3) is 4.82. The third-order valence-corrected chi connectivity index (χ3v) is 4.53. The maximum absolute atomic E-state index is 12.5. The van der Waals surface area contributed by atoms with Crippen LogP contribution in [0.2, 0.25) is 0 Å². The molecule has 0 spiro atoms. The minimum atomic E-state index is -1.02. The number of ether oxygens (including phenoxy) is 1. The second-order valence-electron chi connectivity index (χ2n) is 6.97. The van der Waals surface area contributed by atoms with Gasteiger partial charge in [-0.15, -0.1) is 0 Å². The molecule has 1 amide bonds. The van der Waals surface area contributed by atoms with Crippen molar-refractivity contribution >= 4 is 5.91 Å². The number of hydrogen-bond donors (Lipinski definition) is 1. The van der Waals surface area contributed by atoms with Crippen molar-refractivity contribution in [2.45, 2.75) is 45.1 Å². The van der Waals surface area contributed by atoms with Crippen molar-refractivity contribution in [3.63, 3.8) is 0 Å². The lowest BCUT2D eigenvalue weighted by Gasteiger charge is -2.38. The summed E-state index contributed by atoms with van der Waals surface area (Å²) in [6, 6.07) is 7.74. The second kappa shape index (κ2) is 7.86. The molecule has 1 saturated heterocycles. The van der Waals surface area contributed by atoms with E-state index in [0.717, 1.165) is 17.7 Å². The number of likely N-dealkylation sites (tertiary alicyclic amines) is 1. The predicted molar refractivity (Wildman–Crippen MR) is 94.8 cm³/mol. The first-order valence-electron chi connectivity index (χ1n) is 8.92. The van der Waals surface area contributed by atoms with E-state index in [1.165, 1.54) is 0 Å². The van der Waals surface area contributed by atoms with Gasteiger partial charge >= 0.3 is 0 Å². The van der Waals surface area contributed by atoms with E-state index in [1.54, 1.807) is 11.8 Å². The van der Waals surface area contributed by atoms with E-state index >= 15 is 0 Å². The van der Waals surface area contributed by atoms with E-state index in [0.29, 0.717) is 31.3 Å². The summed E-state index contributed by atoms with van der Waals surface area (Å²) in [6.45, 7) is 4.98. The Labute approximate surface area is 153 Å². The molecule has 1 N–H and O–H groups in total. The summed E-state index contributed by atoms with van der Waals surface area (Å²) >= 11 is 0. The predicted octanol–water partition coefficient (Wildman–Crippen LogP) is 2.05. The van der Waals surface area contributed by atoms with E-state index in [9.17, 15) is 9.90 Å². The summed E-state index contributed by atoms with van der Waals surface area (Å²) < 4.78 is 10.8. The quantitative estimate of drug-likeness (QED) is 0.849. The van der Waals surface area contributed by atoms with Gasteiger partial charge in [-0.05, 0) is 44.4 Å². The maximum atomic E-state index is 12.5. The highest BCUT2D eigenvalue weighted by molar-refractivity contribution is 5.76. The van der Waals surface area contributed by atoms with Gasteiger partial charge in [0.05, 0.1) is 25.0 Å². The molecule has 0 radical (unpaired) electrons. The number of amides is 1. The minimum absolute atomic E-state index is 0.0162. The average molecular weight is 359 g/mol. The maximum Gasteiger partial charge on any atom is 0.229 e. The van der Waals surface area contributed by atoms with Crippen LogP contribution in [-0.2, 0) is 11.2 Å².